The number of hydrogen-bond donors (Lipinski definition) is 0. The van der Waals surface area contributed by atoms with Crippen molar-refractivity contribution >= 4 is 0 Å². The lowest BCUT2D eigenvalue weighted by Crippen LogP contribution is -1.83. The molecule has 1 nitrogen and oxygen atoms in total. The van der Waals surface area contributed by atoms with Crippen LogP contribution in [-0.4, -0.2) is 0 Å². The number of hydrogen-bond acceptors (Lipinski definition) is 1. The van der Waals surface area contributed by atoms with Crippen molar-refractivity contribution in [1.82, 2.24) is 0 Å². The van der Waals surface area contributed by atoms with Gasteiger partial charge in [0.2, 0.25) is 0 Å². The summed E-state index contributed by atoms with van der Waals surface area (Å²) in [5.74, 6) is 1.22. The normalized spacial score (nSPS) is 13.3. The van der Waals surface area contributed by atoms with Crippen LogP contribution in [0.4, 0.5) is 0 Å². The Labute approximate surface area is 114 Å². The monoisotopic (exact) mass is 252 g/mol. The fourth-order valence-corrected chi connectivity index (χ4v) is 2.48. The van der Waals surface area contributed by atoms with Crippen molar-refractivity contribution in [2.75, 3.05) is 0 Å². The van der Waals surface area contributed by atoms with Gasteiger partial charge in [0.15, 0.2) is 0 Å². The van der Waals surface area contributed by atoms with Crippen LogP contribution in [0.15, 0.2) is 12.0 Å². The zero-order valence-electron chi connectivity index (χ0n) is 12.4. The number of ether oxygens (including phenoxy) is 1. The van der Waals surface area contributed by atoms with Crippen molar-refractivity contribution in [3.63, 3.8) is 0 Å². The molecular formula is C17H32O. The molecule has 0 atom stereocenters. The van der Waals surface area contributed by atoms with E-state index in [1.165, 1.54) is 95.7 Å². The predicted molar refractivity (Wildman–Crippen MR) is 79.5 cm³/mol. The molecular weight excluding hydrogens is 220 g/mol. The summed E-state index contributed by atoms with van der Waals surface area (Å²) in [6, 6.07) is 0. The molecule has 1 aliphatic heterocycles. The molecule has 0 saturated heterocycles. The summed E-state index contributed by atoms with van der Waals surface area (Å²) < 4.78 is 5.01. The molecule has 0 radical (unpaired) electrons. The third-order valence-corrected chi connectivity index (χ3v) is 3.81. The van der Waals surface area contributed by atoms with Gasteiger partial charge in [-0.05, 0) is 6.42 Å². The van der Waals surface area contributed by atoms with Crippen LogP contribution in [-0.2, 0) is 4.74 Å². The van der Waals surface area contributed by atoms with Crippen LogP contribution < -0.4 is 0 Å². The van der Waals surface area contributed by atoms with Crippen LogP contribution in [0.5, 0.6) is 0 Å². The quantitative estimate of drug-likeness (QED) is 0.329. The summed E-state index contributed by atoms with van der Waals surface area (Å²) in [6.07, 6.45) is 21.7. The molecule has 1 aliphatic rings. The highest BCUT2D eigenvalue weighted by molar-refractivity contribution is 5.01. The minimum atomic E-state index is 1.18. The average molecular weight is 252 g/mol. The molecule has 1 rings (SSSR count). The fourth-order valence-electron chi connectivity index (χ4n) is 2.48. The van der Waals surface area contributed by atoms with Gasteiger partial charge in [-0.1, -0.05) is 84.0 Å². The minimum Gasteiger partial charge on any atom is -0.463 e. The van der Waals surface area contributed by atoms with Crippen molar-refractivity contribution in [2.45, 2.75) is 96.8 Å². The first kappa shape index (κ1) is 15.6. The van der Waals surface area contributed by atoms with Gasteiger partial charge < -0.3 is 4.74 Å². The van der Waals surface area contributed by atoms with E-state index >= 15 is 0 Å². The molecule has 0 amide bonds. The van der Waals surface area contributed by atoms with E-state index in [4.69, 9.17) is 4.74 Å². The second-order valence-corrected chi connectivity index (χ2v) is 5.69. The molecule has 0 aromatic heterocycles. The average Bonchev–Trinajstić information content (AvgIpc) is 3.19. The first-order chi connectivity index (χ1) is 8.93. The molecule has 1 heteroatoms. The molecule has 0 spiro atoms. The molecule has 1 heterocycles. The Hall–Kier alpha value is -0.460. The van der Waals surface area contributed by atoms with Crippen LogP contribution in [0, 0.1) is 0 Å². The standard InChI is InChI=1S/C17H32O/c1-2-3-4-5-6-7-8-9-10-11-12-13-14-15-17-16-18-17/h16H,2-15H2,1H3. The first-order valence-corrected chi connectivity index (χ1v) is 8.29. The van der Waals surface area contributed by atoms with Gasteiger partial charge in [0, 0.05) is 6.42 Å². The lowest BCUT2D eigenvalue weighted by atomic mass is 10.0. The largest absolute Gasteiger partial charge is 0.463 e. The third kappa shape index (κ3) is 10.7. The molecule has 18 heavy (non-hydrogen) atoms. The molecule has 0 saturated carbocycles. The second kappa shape index (κ2) is 11.6. The maximum atomic E-state index is 5.01. The summed E-state index contributed by atoms with van der Waals surface area (Å²) in [6.45, 7) is 2.29. The topological polar surface area (TPSA) is 12.5 Å². The second-order valence-electron chi connectivity index (χ2n) is 5.69. The Bertz CT molecular complexity index is 208. The van der Waals surface area contributed by atoms with Crippen LogP contribution >= 0.6 is 0 Å². The third-order valence-electron chi connectivity index (χ3n) is 3.81. The van der Waals surface area contributed by atoms with Gasteiger partial charge in [-0.25, -0.2) is 0 Å². The summed E-state index contributed by atoms with van der Waals surface area (Å²) >= 11 is 0. The van der Waals surface area contributed by atoms with E-state index in [-0.39, 0.29) is 0 Å². The van der Waals surface area contributed by atoms with E-state index in [2.05, 4.69) is 6.92 Å². The SMILES string of the molecule is CCCCCCCCCCCCCCCC1=CO1. The van der Waals surface area contributed by atoms with Crippen molar-refractivity contribution in [3.8, 4) is 0 Å². The van der Waals surface area contributed by atoms with Crippen LogP contribution in [0.1, 0.15) is 96.8 Å². The Kier molecular flexibility index (Phi) is 10.1. The summed E-state index contributed by atoms with van der Waals surface area (Å²) in [4.78, 5) is 0. The van der Waals surface area contributed by atoms with Crippen molar-refractivity contribution in [1.29, 1.82) is 0 Å². The molecule has 0 aliphatic carbocycles. The van der Waals surface area contributed by atoms with E-state index in [0.29, 0.717) is 0 Å². The molecule has 0 fully saturated rings. The van der Waals surface area contributed by atoms with E-state index in [0.717, 1.165) is 0 Å². The molecule has 0 bridgehead atoms. The van der Waals surface area contributed by atoms with Gasteiger partial charge in [0.05, 0.1) is 0 Å². The highest BCUT2D eigenvalue weighted by atomic mass is 16.5. The van der Waals surface area contributed by atoms with Gasteiger partial charge in [-0.3, -0.25) is 0 Å². The summed E-state index contributed by atoms with van der Waals surface area (Å²) in [5, 5.41) is 0. The van der Waals surface area contributed by atoms with E-state index < -0.39 is 0 Å². The van der Waals surface area contributed by atoms with E-state index in [1.807, 2.05) is 6.26 Å². The molecule has 0 aromatic rings. The van der Waals surface area contributed by atoms with Crippen LogP contribution in [0.25, 0.3) is 0 Å². The zero-order valence-corrected chi connectivity index (χ0v) is 12.4. The highest BCUT2D eigenvalue weighted by Gasteiger charge is 2.07. The number of allylic oxidation sites excluding steroid dienone is 1. The Morgan fingerprint density at radius 2 is 1.06 bits per heavy atom. The molecule has 106 valence electrons. The van der Waals surface area contributed by atoms with Crippen molar-refractivity contribution < 1.29 is 4.74 Å². The Balaban J connectivity index is 1.62. The van der Waals surface area contributed by atoms with Crippen molar-refractivity contribution in [2.24, 2.45) is 0 Å². The van der Waals surface area contributed by atoms with E-state index in [1.54, 1.807) is 0 Å². The van der Waals surface area contributed by atoms with Crippen LogP contribution in [0.2, 0.25) is 0 Å². The van der Waals surface area contributed by atoms with Gasteiger partial charge in [0.25, 0.3) is 0 Å². The summed E-state index contributed by atoms with van der Waals surface area (Å²) in [7, 11) is 0. The lowest BCUT2D eigenvalue weighted by Gasteiger charge is -2.02. The summed E-state index contributed by atoms with van der Waals surface area (Å²) in [5.41, 5.74) is 0. The van der Waals surface area contributed by atoms with Crippen molar-refractivity contribution in [3.05, 3.63) is 12.0 Å². The molecule has 0 aromatic carbocycles. The van der Waals surface area contributed by atoms with Crippen LogP contribution in [0.3, 0.4) is 0 Å². The smallest absolute Gasteiger partial charge is 0.138 e. The Morgan fingerprint density at radius 1 is 0.667 bits per heavy atom. The van der Waals surface area contributed by atoms with Gasteiger partial charge in [-0.2, -0.15) is 0 Å². The lowest BCUT2D eigenvalue weighted by molar-refractivity contribution is 0.469. The van der Waals surface area contributed by atoms with E-state index in [9.17, 15) is 0 Å². The minimum absolute atomic E-state index is 1.18. The van der Waals surface area contributed by atoms with Gasteiger partial charge in [0.1, 0.15) is 12.0 Å². The maximum absolute atomic E-state index is 5.01. The maximum Gasteiger partial charge on any atom is 0.138 e. The number of rotatable bonds is 14. The van der Waals surface area contributed by atoms with Gasteiger partial charge in [-0.15, -0.1) is 0 Å². The number of unbranched alkanes of at least 4 members (excludes halogenated alkanes) is 12. The zero-order chi connectivity index (χ0) is 12.9. The van der Waals surface area contributed by atoms with Gasteiger partial charge >= 0.3 is 0 Å². The molecule has 0 unspecified atom stereocenters. The predicted octanol–water partition coefficient (Wildman–Crippen LogP) is 6.34. The highest BCUT2D eigenvalue weighted by Crippen LogP contribution is 2.21. The fraction of sp³-hybridized carbons (Fsp3) is 0.882. The molecule has 0 N–H and O–H groups in total. The Morgan fingerprint density at radius 3 is 1.44 bits per heavy atom. The first-order valence-electron chi connectivity index (χ1n) is 8.29.